The predicted octanol–water partition coefficient (Wildman–Crippen LogP) is 3.78. The molecule has 7 heteroatoms. The number of hydrogen-bond donors (Lipinski definition) is 0. The van der Waals surface area contributed by atoms with Crippen LogP contribution in [0, 0.1) is 6.92 Å². The van der Waals surface area contributed by atoms with Gasteiger partial charge in [-0.15, -0.1) is 0 Å². The van der Waals surface area contributed by atoms with Crippen molar-refractivity contribution < 1.29 is 18.7 Å². The lowest BCUT2D eigenvalue weighted by Gasteiger charge is -2.37. The maximum absolute atomic E-state index is 12.9. The Morgan fingerprint density at radius 1 is 1.23 bits per heavy atom. The highest BCUT2D eigenvalue weighted by molar-refractivity contribution is 5.92. The van der Waals surface area contributed by atoms with E-state index < -0.39 is 5.60 Å². The van der Waals surface area contributed by atoms with E-state index in [0.717, 1.165) is 0 Å². The van der Waals surface area contributed by atoms with Crippen molar-refractivity contribution in [3.63, 3.8) is 0 Å². The summed E-state index contributed by atoms with van der Waals surface area (Å²) in [6.45, 7) is 8.15. The topological polar surface area (TPSA) is 75.9 Å². The smallest absolute Gasteiger partial charge is 0.410 e. The van der Waals surface area contributed by atoms with Crippen LogP contribution >= 0.6 is 0 Å². The summed E-state index contributed by atoms with van der Waals surface area (Å²) in [7, 11) is 0. The van der Waals surface area contributed by atoms with Crippen LogP contribution in [0.3, 0.4) is 0 Å². The Bertz CT molecular complexity index is 916. The van der Waals surface area contributed by atoms with Crippen LogP contribution < -0.4 is 0 Å². The third-order valence-corrected chi connectivity index (χ3v) is 6.20. The molecular formula is C23H29N3O4. The fourth-order valence-corrected chi connectivity index (χ4v) is 4.37. The Morgan fingerprint density at radius 3 is 2.57 bits per heavy atom. The predicted molar refractivity (Wildman–Crippen MR) is 111 cm³/mol. The summed E-state index contributed by atoms with van der Waals surface area (Å²) in [6.07, 6.45) is 1.67. The number of ether oxygens (including phenoxy) is 1. The highest BCUT2D eigenvalue weighted by Gasteiger charge is 2.48. The Kier molecular flexibility index (Phi) is 5.54. The zero-order valence-electron chi connectivity index (χ0n) is 17.9. The van der Waals surface area contributed by atoms with Gasteiger partial charge in [0.2, 0.25) is 5.76 Å². The summed E-state index contributed by atoms with van der Waals surface area (Å²) in [6, 6.07) is 10.2. The first-order chi connectivity index (χ1) is 14.4. The third-order valence-electron chi connectivity index (χ3n) is 6.20. The molecule has 1 spiro atoms. The molecule has 0 unspecified atom stereocenters. The number of nitrogens with zero attached hydrogens (tertiary/aromatic N) is 3. The van der Waals surface area contributed by atoms with Gasteiger partial charge in [0.05, 0.1) is 12.2 Å². The number of aromatic nitrogens is 1. The Morgan fingerprint density at radius 2 is 1.93 bits per heavy atom. The molecule has 1 aromatic heterocycles. The minimum atomic E-state index is -0.505. The van der Waals surface area contributed by atoms with Crippen LogP contribution in [0.25, 0.3) is 0 Å². The number of carbonyl (C=O) groups excluding carboxylic acids is 2. The first kappa shape index (κ1) is 20.4. The van der Waals surface area contributed by atoms with Crippen LogP contribution in [0.4, 0.5) is 4.79 Å². The number of piperidine rings is 1. The monoisotopic (exact) mass is 411 g/mol. The summed E-state index contributed by atoms with van der Waals surface area (Å²) >= 11 is 0. The molecule has 1 aromatic carbocycles. The molecule has 0 N–H and O–H groups in total. The van der Waals surface area contributed by atoms with Crippen molar-refractivity contribution in [2.45, 2.75) is 51.6 Å². The van der Waals surface area contributed by atoms with Gasteiger partial charge in [-0.3, -0.25) is 4.79 Å². The number of benzene rings is 1. The number of carbonyl (C=O) groups is 2. The maximum atomic E-state index is 12.9. The highest BCUT2D eigenvalue weighted by atomic mass is 16.6. The normalized spacial score (nSPS) is 19.2. The van der Waals surface area contributed by atoms with E-state index >= 15 is 0 Å². The third kappa shape index (κ3) is 3.93. The maximum Gasteiger partial charge on any atom is 0.410 e. The molecule has 2 aliphatic heterocycles. The van der Waals surface area contributed by atoms with Gasteiger partial charge in [0.25, 0.3) is 5.91 Å². The van der Waals surface area contributed by atoms with Crippen molar-refractivity contribution in [1.29, 1.82) is 0 Å². The molecule has 7 nitrogen and oxygen atoms in total. The van der Waals surface area contributed by atoms with Gasteiger partial charge >= 0.3 is 6.09 Å². The number of amides is 2. The molecule has 0 radical (unpaired) electrons. The van der Waals surface area contributed by atoms with E-state index in [2.05, 4.69) is 24.0 Å². The van der Waals surface area contributed by atoms with Gasteiger partial charge in [-0.25, -0.2) is 9.78 Å². The molecule has 3 heterocycles. The second-order valence-corrected chi connectivity index (χ2v) is 8.41. The van der Waals surface area contributed by atoms with Crippen molar-refractivity contribution in [2.75, 3.05) is 26.2 Å². The van der Waals surface area contributed by atoms with Crippen LogP contribution in [-0.2, 0) is 11.2 Å². The van der Waals surface area contributed by atoms with E-state index in [0.29, 0.717) is 62.8 Å². The quantitative estimate of drug-likeness (QED) is 0.748. The number of hydrogen-bond acceptors (Lipinski definition) is 5. The average molecular weight is 412 g/mol. The van der Waals surface area contributed by atoms with Gasteiger partial charge in [-0.1, -0.05) is 44.2 Å². The van der Waals surface area contributed by atoms with Gasteiger partial charge in [-0.05, 0) is 18.4 Å². The number of rotatable bonds is 5. The second kappa shape index (κ2) is 8.13. The molecular weight excluding hydrogens is 382 g/mol. The molecule has 0 bridgehead atoms. The molecule has 2 saturated heterocycles. The summed E-state index contributed by atoms with van der Waals surface area (Å²) in [5.74, 6) is 1.01. The van der Waals surface area contributed by atoms with E-state index in [1.54, 1.807) is 11.8 Å². The molecule has 2 amide bonds. The van der Waals surface area contributed by atoms with Crippen LogP contribution in [0.2, 0.25) is 0 Å². The zero-order valence-corrected chi connectivity index (χ0v) is 17.9. The van der Waals surface area contributed by atoms with E-state index in [4.69, 9.17) is 9.15 Å². The fraction of sp³-hybridized carbons (Fsp3) is 0.522. The van der Waals surface area contributed by atoms with Gasteiger partial charge in [0.15, 0.2) is 5.89 Å². The second-order valence-electron chi connectivity index (χ2n) is 8.41. The van der Waals surface area contributed by atoms with Crippen LogP contribution in [0.5, 0.6) is 0 Å². The van der Waals surface area contributed by atoms with Crippen LogP contribution in [0.15, 0.2) is 34.7 Å². The number of aryl methyl sites for hydroxylation is 2. The van der Waals surface area contributed by atoms with Gasteiger partial charge in [0.1, 0.15) is 5.60 Å². The standard InChI is InChI=1S/C23H29N3O4/c1-4-19-24-17(3)20(29-19)21(27)25-12-10-23(11-13-25)15-26(22(28)30-23)14-16(2)18-8-6-5-7-9-18/h5-9,16H,4,10-15H2,1-3H3/t16-/m1/s1. The largest absolute Gasteiger partial charge is 0.441 e. The summed E-state index contributed by atoms with van der Waals surface area (Å²) in [5.41, 5.74) is 1.33. The molecule has 4 rings (SSSR count). The van der Waals surface area contributed by atoms with Crippen molar-refractivity contribution in [1.82, 2.24) is 14.8 Å². The molecule has 2 fully saturated rings. The van der Waals surface area contributed by atoms with Crippen LogP contribution in [0.1, 0.15) is 60.3 Å². The van der Waals surface area contributed by atoms with E-state index in [1.807, 2.05) is 30.0 Å². The molecule has 2 aromatic rings. The van der Waals surface area contributed by atoms with Crippen LogP contribution in [-0.4, -0.2) is 58.6 Å². The highest BCUT2D eigenvalue weighted by Crippen LogP contribution is 2.35. The zero-order chi connectivity index (χ0) is 21.3. The van der Waals surface area contributed by atoms with E-state index in [9.17, 15) is 9.59 Å². The Hall–Kier alpha value is -2.83. The minimum Gasteiger partial charge on any atom is -0.441 e. The molecule has 1 atom stereocenters. The lowest BCUT2D eigenvalue weighted by molar-refractivity contribution is 0.00220. The first-order valence-corrected chi connectivity index (χ1v) is 10.7. The lowest BCUT2D eigenvalue weighted by atomic mass is 9.90. The van der Waals surface area contributed by atoms with Crippen molar-refractivity contribution in [3.05, 3.63) is 53.2 Å². The van der Waals surface area contributed by atoms with E-state index in [1.165, 1.54) is 5.56 Å². The molecule has 2 aliphatic rings. The SMILES string of the molecule is CCc1nc(C)c(C(=O)N2CCC3(CC2)CN(C[C@@H](C)c2ccccc2)C(=O)O3)o1. The van der Waals surface area contributed by atoms with E-state index in [-0.39, 0.29) is 17.9 Å². The first-order valence-electron chi connectivity index (χ1n) is 10.7. The van der Waals surface area contributed by atoms with Gasteiger partial charge in [-0.2, -0.15) is 0 Å². The summed E-state index contributed by atoms with van der Waals surface area (Å²) in [4.78, 5) is 33.3. The Labute approximate surface area is 177 Å². The lowest BCUT2D eigenvalue weighted by Crippen LogP contribution is -2.48. The van der Waals surface area contributed by atoms with Gasteiger partial charge in [0, 0.05) is 38.9 Å². The summed E-state index contributed by atoms with van der Waals surface area (Å²) < 4.78 is 11.5. The van der Waals surface area contributed by atoms with Crippen molar-refractivity contribution >= 4 is 12.0 Å². The summed E-state index contributed by atoms with van der Waals surface area (Å²) in [5, 5.41) is 0. The fourth-order valence-electron chi connectivity index (χ4n) is 4.37. The molecule has 30 heavy (non-hydrogen) atoms. The number of likely N-dealkylation sites (tertiary alicyclic amines) is 1. The molecule has 0 aliphatic carbocycles. The molecule has 0 saturated carbocycles. The van der Waals surface area contributed by atoms with Crippen molar-refractivity contribution in [2.24, 2.45) is 0 Å². The average Bonchev–Trinajstić information content (AvgIpc) is 3.28. The Balaban J connectivity index is 1.36. The minimum absolute atomic E-state index is 0.131. The van der Waals surface area contributed by atoms with Gasteiger partial charge < -0.3 is 19.0 Å². The van der Waals surface area contributed by atoms with Crippen molar-refractivity contribution in [3.8, 4) is 0 Å². The number of oxazole rings is 1. The molecule has 160 valence electrons.